The summed E-state index contributed by atoms with van der Waals surface area (Å²) in [6.07, 6.45) is 1.60. The second-order valence-electron chi connectivity index (χ2n) is 12.7. The number of carbonyl (C=O) groups is 3. The van der Waals surface area contributed by atoms with Gasteiger partial charge in [-0.15, -0.1) is 11.8 Å². The second kappa shape index (κ2) is 17.0. The zero-order valence-corrected chi connectivity index (χ0v) is 31.3. The van der Waals surface area contributed by atoms with Crippen molar-refractivity contribution < 1.29 is 19.1 Å². The number of fused-ring (bicyclic) bond motifs is 3. The van der Waals surface area contributed by atoms with Crippen molar-refractivity contribution in [1.29, 1.82) is 0 Å². The molecule has 0 radical (unpaired) electrons. The lowest BCUT2D eigenvalue weighted by atomic mass is 10.1. The Morgan fingerprint density at radius 2 is 1.38 bits per heavy atom. The molecule has 7 aromatic rings. The SMILES string of the molecule is CCOc1ccccc1/C=C(/NC(=O)c1ccccc1)C(=O)Nc1cccc(SC(C(=O)Nc2ccc3c(c2)c2ccccc2n3CC)c2ccccc2)c1. The Hall–Kier alpha value is -6.58. The molecule has 6 aromatic carbocycles. The van der Waals surface area contributed by atoms with Crippen LogP contribution in [0.1, 0.15) is 40.6 Å². The number of benzene rings is 6. The van der Waals surface area contributed by atoms with E-state index in [-0.39, 0.29) is 11.6 Å². The van der Waals surface area contributed by atoms with Gasteiger partial charge < -0.3 is 25.3 Å². The third-order valence-corrected chi connectivity index (χ3v) is 10.3. The molecule has 0 aliphatic rings. The average molecular weight is 745 g/mol. The lowest BCUT2D eigenvalue weighted by Gasteiger charge is -2.18. The van der Waals surface area contributed by atoms with Crippen molar-refractivity contribution >= 4 is 68.7 Å². The van der Waals surface area contributed by atoms with Gasteiger partial charge in [0.1, 0.15) is 16.7 Å². The zero-order chi connectivity index (χ0) is 38.1. The summed E-state index contributed by atoms with van der Waals surface area (Å²) in [5, 5.41) is 10.5. The average Bonchev–Trinajstić information content (AvgIpc) is 3.54. The number of hydrogen-bond acceptors (Lipinski definition) is 5. The van der Waals surface area contributed by atoms with E-state index in [1.807, 2.05) is 110 Å². The van der Waals surface area contributed by atoms with E-state index in [2.05, 4.69) is 45.6 Å². The molecule has 0 saturated carbocycles. The maximum Gasteiger partial charge on any atom is 0.272 e. The highest BCUT2D eigenvalue weighted by molar-refractivity contribution is 8.00. The highest BCUT2D eigenvalue weighted by Gasteiger charge is 2.24. The molecule has 7 rings (SSSR count). The molecule has 55 heavy (non-hydrogen) atoms. The van der Waals surface area contributed by atoms with Crippen LogP contribution in [0.4, 0.5) is 11.4 Å². The summed E-state index contributed by atoms with van der Waals surface area (Å²) < 4.78 is 8.07. The van der Waals surface area contributed by atoms with Gasteiger partial charge >= 0.3 is 0 Å². The fourth-order valence-corrected chi connectivity index (χ4v) is 7.63. The Balaban J connectivity index is 1.14. The molecular weight excluding hydrogens is 705 g/mol. The van der Waals surface area contributed by atoms with Crippen molar-refractivity contribution in [3.63, 3.8) is 0 Å². The van der Waals surface area contributed by atoms with Gasteiger partial charge in [-0.2, -0.15) is 0 Å². The van der Waals surface area contributed by atoms with Crippen LogP contribution in [0, 0.1) is 0 Å². The normalized spacial score (nSPS) is 11.9. The number of ether oxygens (including phenoxy) is 1. The number of thioether (sulfide) groups is 1. The van der Waals surface area contributed by atoms with Gasteiger partial charge in [-0.25, -0.2) is 0 Å². The number of rotatable bonds is 13. The van der Waals surface area contributed by atoms with Crippen LogP contribution in [0.3, 0.4) is 0 Å². The highest BCUT2D eigenvalue weighted by Crippen LogP contribution is 2.38. The Labute approximate surface area is 324 Å². The van der Waals surface area contributed by atoms with Gasteiger partial charge in [0, 0.05) is 55.7 Å². The third-order valence-electron chi connectivity index (χ3n) is 9.09. The Bertz CT molecular complexity index is 2510. The zero-order valence-electron chi connectivity index (χ0n) is 30.5. The monoisotopic (exact) mass is 744 g/mol. The predicted octanol–water partition coefficient (Wildman–Crippen LogP) is 10.1. The summed E-state index contributed by atoms with van der Waals surface area (Å²) in [5.41, 5.74) is 5.41. The molecule has 9 heteroatoms. The van der Waals surface area contributed by atoms with Gasteiger partial charge in [0.2, 0.25) is 5.91 Å². The molecule has 0 aliphatic carbocycles. The van der Waals surface area contributed by atoms with E-state index in [0.717, 1.165) is 38.8 Å². The Morgan fingerprint density at radius 3 is 2.16 bits per heavy atom. The lowest BCUT2D eigenvalue weighted by Crippen LogP contribution is -2.30. The summed E-state index contributed by atoms with van der Waals surface area (Å²) in [7, 11) is 0. The molecular formula is C46H40N4O4S. The highest BCUT2D eigenvalue weighted by atomic mass is 32.2. The molecule has 8 nitrogen and oxygen atoms in total. The minimum atomic E-state index is -0.601. The number of hydrogen-bond donors (Lipinski definition) is 3. The van der Waals surface area contributed by atoms with Crippen molar-refractivity contribution in [2.24, 2.45) is 0 Å². The topological polar surface area (TPSA) is 101 Å². The smallest absolute Gasteiger partial charge is 0.272 e. The van der Waals surface area contributed by atoms with E-state index in [4.69, 9.17) is 4.74 Å². The molecule has 1 atom stereocenters. The molecule has 0 aliphatic heterocycles. The number of nitrogens with zero attached hydrogens (tertiary/aromatic N) is 1. The van der Waals surface area contributed by atoms with E-state index >= 15 is 0 Å². The number of anilines is 2. The van der Waals surface area contributed by atoms with Gasteiger partial charge in [-0.1, -0.05) is 91.0 Å². The summed E-state index contributed by atoms with van der Waals surface area (Å²) in [5.74, 6) is -0.534. The number of aryl methyl sites for hydroxylation is 1. The number of amides is 3. The van der Waals surface area contributed by atoms with E-state index in [9.17, 15) is 14.4 Å². The first-order chi connectivity index (χ1) is 26.9. The van der Waals surface area contributed by atoms with E-state index < -0.39 is 17.1 Å². The fraction of sp³-hybridized carbons (Fsp3) is 0.109. The van der Waals surface area contributed by atoms with Gasteiger partial charge in [-0.3, -0.25) is 14.4 Å². The number of aromatic nitrogens is 1. The number of nitrogens with one attached hydrogen (secondary N) is 3. The van der Waals surface area contributed by atoms with Crippen molar-refractivity contribution in [2.75, 3.05) is 17.2 Å². The van der Waals surface area contributed by atoms with Crippen molar-refractivity contribution in [3.8, 4) is 5.75 Å². The molecule has 0 bridgehead atoms. The van der Waals surface area contributed by atoms with Crippen LogP contribution in [0.25, 0.3) is 27.9 Å². The van der Waals surface area contributed by atoms with Crippen LogP contribution in [0.5, 0.6) is 5.75 Å². The van der Waals surface area contributed by atoms with Crippen LogP contribution in [-0.4, -0.2) is 28.9 Å². The van der Waals surface area contributed by atoms with Crippen LogP contribution >= 0.6 is 11.8 Å². The Kier molecular flexibility index (Phi) is 11.4. The van der Waals surface area contributed by atoms with Crippen molar-refractivity contribution in [2.45, 2.75) is 30.5 Å². The first-order valence-electron chi connectivity index (χ1n) is 18.2. The molecule has 0 spiro atoms. The van der Waals surface area contributed by atoms with Crippen molar-refractivity contribution in [1.82, 2.24) is 9.88 Å². The van der Waals surface area contributed by atoms with Gasteiger partial charge in [-0.05, 0) is 86.2 Å². The maximum absolute atomic E-state index is 14.1. The van der Waals surface area contributed by atoms with Gasteiger partial charge in [0.05, 0.1) is 6.61 Å². The van der Waals surface area contributed by atoms with Crippen LogP contribution in [0.15, 0.2) is 162 Å². The largest absolute Gasteiger partial charge is 0.493 e. The number of carbonyl (C=O) groups excluding carboxylic acids is 3. The fourth-order valence-electron chi connectivity index (χ4n) is 6.55. The summed E-state index contributed by atoms with van der Waals surface area (Å²) in [4.78, 5) is 42.1. The molecule has 274 valence electrons. The summed E-state index contributed by atoms with van der Waals surface area (Å²) >= 11 is 1.38. The number of para-hydroxylation sites is 2. The first-order valence-corrected chi connectivity index (χ1v) is 19.0. The minimum Gasteiger partial charge on any atom is -0.493 e. The van der Waals surface area contributed by atoms with Crippen LogP contribution in [0.2, 0.25) is 0 Å². The van der Waals surface area contributed by atoms with E-state index in [1.165, 1.54) is 11.8 Å². The van der Waals surface area contributed by atoms with Gasteiger partial charge in [0.15, 0.2) is 0 Å². The predicted molar refractivity (Wildman–Crippen MR) is 223 cm³/mol. The quantitative estimate of drug-likeness (QED) is 0.0806. The third kappa shape index (κ3) is 8.48. The second-order valence-corrected chi connectivity index (χ2v) is 13.9. The van der Waals surface area contributed by atoms with E-state index in [1.54, 1.807) is 36.4 Å². The molecule has 1 aromatic heterocycles. The molecule has 3 amide bonds. The van der Waals surface area contributed by atoms with Crippen LogP contribution in [-0.2, 0) is 16.1 Å². The molecule has 1 heterocycles. The standard InChI is InChI=1S/C46H40N4O4S/c1-3-50-40-24-13-12-23-37(40)38-30-35(26-27-41(38)50)48-46(53)43(31-16-7-5-8-17-31)55-36-22-15-21-34(29-36)47-45(52)39(49-44(51)32-18-9-6-10-19-32)28-33-20-11-14-25-42(33)54-4-2/h5-30,43H,3-4H2,1-2H3,(H,47,52)(H,48,53)(H,49,51)/b39-28+. The Morgan fingerprint density at radius 1 is 0.691 bits per heavy atom. The van der Waals surface area contributed by atoms with E-state index in [0.29, 0.717) is 34.9 Å². The summed E-state index contributed by atoms with van der Waals surface area (Å²) in [6.45, 7) is 5.29. The first kappa shape index (κ1) is 36.8. The minimum absolute atomic E-state index is 0.0413. The van der Waals surface area contributed by atoms with Crippen LogP contribution < -0.4 is 20.7 Å². The maximum atomic E-state index is 14.1. The lowest BCUT2D eigenvalue weighted by molar-refractivity contribution is -0.116. The van der Waals surface area contributed by atoms with Gasteiger partial charge in [0.25, 0.3) is 11.8 Å². The molecule has 0 fully saturated rings. The molecule has 0 saturated heterocycles. The molecule has 3 N–H and O–H groups in total. The van der Waals surface area contributed by atoms with Crippen molar-refractivity contribution in [3.05, 3.63) is 174 Å². The molecule has 1 unspecified atom stereocenters. The summed E-state index contributed by atoms with van der Waals surface area (Å²) in [6, 6.07) is 47.3.